The first kappa shape index (κ1) is 20.9. The Morgan fingerprint density at radius 3 is 2.52 bits per heavy atom. The molecule has 0 bridgehead atoms. The summed E-state index contributed by atoms with van der Waals surface area (Å²) in [5.41, 5.74) is 3.18. The summed E-state index contributed by atoms with van der Waals surface area (Å²) in [6.45, 7) is 2.25. The van der Waals surface area contributed by atoms with E-state index in [1.807, 2.05) is 31.2 Å². The topological polar surface area (TPSA) is 75.7 Å². The Balaban J connectivity index is 1.49. The van der Waals surface area contributed by atoms with Crippen molar-refractivity contribution in [3.05, 3.63) is 83.9 Å². The first-order valence-corrected chi connectivity index (χ1v) is 11.6. The molecule has 6 nitrogen and oxygen atoms in total. The number of sulfonamides is 1. The van der Waals surface area contributed by atoms with Crippen molar-refractivity contribution >= 4 is 27.3 Å². The van der Waals surface area contributed by atoms with E-state index in [-0.39, 0.29) is 17.4 Å². The number of nitrogens with one attached hydrogen (secondary N) is 1. The Morgan fingerprint density at radius 2 is 1.77 bits per heavy atom. The van der Waals surface area contributed by atoms with Crippen molar-refractivity contribution in [2.75, 3.05) is 22.8 Å². The molecule has 0 spiro atoms. The highest BCUT2D eigenvalue weighted by molar-refractivity contribution is 7.92. The summed E-state index contributed by atoms with van der Waals surface area (Å²) >= 11 is 0. The molecule has 1 heterocycles. The fourth-order valence-electron chi connectivity index (χ4n) is 3.59. The molecule has 7 heteroatoms. The van der Waals surface area contributed by atoms with Crippen LogP contribution in [0.4, 0.5) is 11.4 Å². The zero-order valence-corrected chi connectivity index (χ0v) is 18.1. The van der Waals surface area contributed by atoms with Gasteiger partial charge < -0.3 is 10.1 Å². The molecule has 0 saturated heterocycles. The third kappa shape index (κ3) is 4.72. The standard InChI is InChI=1S/C24H24N2O4S/c1-18-9-12-22(13-10-18)31(28,29)26-15-5-6-19-16-20(11-14-23(19)26)25-24(27)17-30-21-7-3-2-4-8-21/h2-4,7-14,16H,5-6,15,17H2,1H3,(H,25,27). The van der Waals surface area contributed by atoms with E-state index in [9.17, 15) is 13.2 Å². The van der Waals surface area contributed by atoms with Gasteiger partial charge in [-0.1, -0.05) is 35.9 Å². The predicted octanol–water partition coefficient (Wildman–Crippen LogP) is 4.15. The number of carbonyl (C=O) groups excluding carboxylic acids is 1. The lowest BCUT2D eigenvalue weighted by Crippen LogP contribution is -2.35. The van der Waals surface area contributed by atoms with Gasteiger partial charge in [-0.15, -0.1) is 0 Å². The SMILES string of the molecule is Cc1ccc(S(=O)(=O)N2CCCc3cc(NC(=O)COc4ccccc4)ccc32)cc1. The molecule has 0 saturated carbocycles. The molecular weight excluding hydrogens is 412 g/mol. The van der Waals surface area contributed by atoms with Crippen LogP contribution in [0.2, 0.25) is 0 Å². The molecule has 0 aliphatic carbocycles. The van der Waals surface area contributed by atoms with Crippen molar-refractivity contribution in [3.63, 3.8) is 0 Å². The molecule has 0 radical (unpaired) electrons. The van der Waals surface area contributed by atoms with Gasteiger partial charge in [0.15, 0.2) is 6.61 Å². The van der Waals surface area contributed by atoms with E-state index < -0.39 is 10.0 Å². The van der Waals surface area contributed by atoms with Crippen molar-refractivity contribution in [1.82, 2.24) is 0 Å². The number of para-hydroxylation sites is 1. The van der Waals surface area contributed by atoms with Gasteiger partial charge in [-0.3, -0.25) is 9.10 Å². The Labute approximate surface area is 182 Å². The second kappa shape index (κ2) is 8.81. The van der Waals surface area contributed by atoms with Gasteiger partial charge in [-0.2, -0.15) is 0 Å². The molecule has 1 aliphatic rings. The Bertz CT molecular complexity index is 1180. The van der Waals surface area contributed by atoms with E-state index >= 15 is 0 Å². The summed E-state index contributed by atoms with van der Waals surface area (Å²) in [5.74, 6) is 0.351. The highest BCUT2D eigenvalue weighted by Gasteiger charge is 2.29. The number of nitrogens with zero attached hydrogens (tertiary/aromatic N) is 1. The van der Waals surface area contributed by atoms with Gasteiger partial charge in [0.2, 0.25) is 0 Å². The normalized spacial score (nSPS) is 13.4. The van der Waals surface area contributed by atoms with E-state index in [0.717, 1.165) is 17.5 Å². The van der Waals surface area contributed by atoms with Crippen LogP contribution in [0.15, 0.2) is 77.7 Å². The van der Waals surface area contributed by atoms with Gasteiger partial charge in [-0.05, 0) is 67.8 Å². The minimum Gasteiger partial charge on any atom is -0.484 e. The number of rotatable bonds is 6. The lowest BCUT2D eigenvalue weighted by Gasteiger charge is -2.31. The van der Waals surface area contributed by atoms with Gasteiger partial charge in [-0.25, -0.2) is 8.42 Å². The van der Waals surface area contributed by atoms with Crippen LogP contribution in [0.25, 0.3) is 0 Å². The molecule has 0 unspecified atom stereocenters. The second-order valence-electron chi connectivity index (χ2n) is 7.49. The van der Waals surface area contributed by atoms with Gasteiger partial charge in [0, 0.05) is 12.2 Å². The van der Waals surface area contributed by atoms with E-state index in [2.05, 4.69) is 5.32 Å². The molecule has 4 rings (SSSR count). The number of hydrogen-bond acceptors (Lipinski definition) is 4. The van der Waals surface area contributed by atoms with Crippen LogP contribution < -0.4 is 14.4 Å². The monoisotopic (exact) mass is 436 g/mol. The number of aryl methyl sites for hydroxylation is 2. The number of carbonyl (C=O) groups is 1. The van der Waals surface area contributed by atoms with Gasteiger partial charge in [0.1, 0.15) is 5.75 Å². The molecule has 3 aromatic carbocycles. The van der Waals surface area contributed by atoms with Crippen LogP contribution in [0.1, 0.15) is 17.5 Å². The zero-order valence-electron chi connectivity index (χ0n) is 17.2. The van der Waals surface area contributed by atoms with Gasteiger partial charge in [0.05, 0.1) is 10.6 Å². The molecule has 160 valence electrons. The van der Waals surface area contributed by atoms with Crippen molar-refractivity contribution < 1.29 is 17.9 Å². The van der Waals surface area contributed by atoms with Crippen molar-refractivity contribution in [2.45, 2.75) is 24.7 Å². The Morgan fingerprint density at radius 1 is 1.03 bits per heavy atom. The molecule has 0 aromatic heterocycles. The van der Waals surface area contributed by atoms with Crippen molar-refractivity contribution in [3.8, 4) is 5.75 Å². The third-order valence-electron chi connectivity index (χ3n) is 5.16. The smallest absolute Gasteiger partial charge is 0.264 e. The zero-order chi connectivity index (χ0) is 21.8. The number of anilines is 2. The Hall–Kier alpha value is -3.32. The third-order valence-corrected chi connectivity index (χ3v) is 6.99. The average Bonchev–Trinajstić information content (AvgIpc) is 2.78. The first-order valence-electron chi connectivity index (χ1n) is 10.1. The molecule has 1 N–H and O–H groups in total. The highest BCUT2D eigenvalue weighted by Crippen LogP contribution is 2.33. The number of hydrogen-bond donors (Lipinski definition) is 1. The maximum absolute atomic E-state index is 13.2. The van der Waals surface area contributed by atoms with Crippen LogP contribution in [-0.4, -0.2) is 27.5 Å². The predicted molar refractivity (Wildman–Crippen MR) is 121 cm³/mol. The summed E-state index contributed by atoms with van der Waals surface area (Å²) in [4.78, 5) is 12.5. The molecule has 3 aromatic rings. The van der Waals surface area contributed by atoms with Crippen LogP contribution >= 0.6 is 0 Å². The minimum absolute atomic E-state index is 0.102. The summed E-state index contributed by atoms with van der Waals surface area (Å²) < 4.78 is 33.3. The molecule has 1 aliphatic heterocycles. The fourth-order valence-corrected chi connectivity index (χ4v) is 5.13. The maximum Gasteiger partial charge on any atom is 0.264 e. The summed E-state index contributed by atoms with van der Waals surface area (Å²) in [5, 5.41) is 2.82. The van der Waals surface area contributed by atoms with Crippen LogP contribution in [0.5, 0.6) is 5.75 Å². The largest absolute Gasteiger partial charge is 0.484 e. The van der Waals surface area contributed by atoms with Crippen LogP contribution in [0, 0.1) is 6.92 Å². The number of ether oxygens (including phenoxy) is 1. The number of benzene rings is 3. The average molecular weight is 437 g/mol. The fraction of sp³-hybridized carbons (Fsp3) is 0.208. The van der Waals surface area contributed by atoms with Gasteiger partial charge >= 0.3 is 0 Å². The van der Waals surface area contributed by atoms with Crippen LogP contribution in [-0.2, 0) is 21.2 Å². The minimum atomic E-state index is -3.64. The molecule has 31 heavy (non-hydrogen) atoms. The number of fused-ring (bicyclic) bond motifs is 1. The van der Waals surface area contributed by atoms with E-state index in [4.69, 9.17) is 4.74 Å². The molecule has 1 amide bonds. The second-order valence-corrected chi connectivity index (χ2v) is 9.35. The summed E-state index contributed by atoms with van der Waals surface area (Å²) in [7, 11) is -3.64. The van der Waals surface area contributed by atoms with E-state index in [1.165, 1.54) is 4.31 Å². The van der Waals surface area contributed by atoms with Crippen molar-refractivity contribution in [1.29, 1.82) is 0 Å². The highest BCUT2D eigenvalue weighted by atomic mass is 32.2. The maximum atomic E-state index is 13.2. The lowest BCUT2D eigenvalue weighted by atomic mass is 10.0. The lowest BCUT2D eigenvalue weighted by molar-refractivity contribution is -0.118. The van der Waals surface area contributed by atoms with Crippen molar-refractivity contribution in [2.24, 2.45) is 0 Å². The van der Waals surface area contributed by atoms with E-state index in [0.29, 0.717) is 30.1 Å². The quantitative estimate of drug-likeness (QED) is 0.630. The van der Waals surface area contributed by atoms with Gasteiger partial charge in [0.25, 0.3) is 15.9 Å². The molecular formula is C24H24N2O4S. The summed E-state index contributed by atoms with van der Waals surface area (Å²) in [6, 6.07) is 21.3. The molecule has 0 fully saturated rings. The summed E-state index contributed by atoms with van der Waals surface area (Å²) in [6.07, 6.45) is 1.46. The number of amides is 1. The molecule has 0 atom stereocenters. The van der Waals surface area contributed by atoms with E-state index in [1.54, 1.807) is 48.5 Å². The Kier molecular flexibility index (Phi) is 5.95. The van der Waals surface area contributed by atoms with Crippen LogP contribution in [0.3, 0.4) is 0 Å². The first-order chi connectivity index (χ1) is 14.9.